The molecule has 0 bridgehead atoms. The van der Waals surface area contributed by atoms with E-state index in [9.17, 15) is 0 Å². The van der Waals surface area contributed by atoms with Crippen molar-refractivity contribution in [1.29, 1.82) is 0 Å². The third-order valence-electron chi connectivity index (χ3n) is 2.81. The summed E-state index contributed by atoms with van der Waals surface area (Å²) in [7, 11) is 1.75. The van der Waals surface area contributed by atoms with Crippen LogP contribution in [0.15, 0.2) is 12.7 Å². The highest BCUT2D eigenvalue weighted by molar-refractivity contribution is 4.73. The second-order valence-electron chi connectivity index (χ2n) is 5.82. The maximum atomic E-state index is 5.12. The van der Waals surface area contributed by atoms with E-state index in [0.29, 0.717) is 0 Å². The van der Waals surface area contributed by atoms with E-state index in [0.717, 1.165) is 32.8 Å². The molecule has 0 aliphatic heterocycles. The molecule has 0 unspecified atom stereocenters. The van der Waals surface area contributed by atoms with Crippen LogP contribution in [0, 0.1) is 0 Å². The third kappa shape index (κ3) is 12.1. The summed E-state index contributed by atoms with van der Waals surface area (Å²) in [6.45, 7) is 15.5. The zero-order valence-corrected chi connectivity index (χ0v) is 12.8. The highest BCUT2D eigenvalue weighted by Crippen LogP contribution is 2.02. The van der Waals surface area contributed by atoms with Gasteiger partial charge in [-0.1, -0.05) is 12.5 Å². The Balaban J connectivity index is 3.51. The smallest absolute Gasteiger partial charge is 0.0589 e. The zero-order valence-electron chi connectivity index (χ0n) is 12.8. The molecule has 0 atom stereocenters. The minimum atomic E-state index is 0.243. The summed E-state index contributed by atoms with van der Waals surface area (Å²) in [5.41, 5.74) is 0.243. The topological polar surface area (TPSA) is 24.5 Å². The molecule has 0 amide bonds. The number of nitrogens with one attached hydrogen (secondary N) is 1. The van der Waals surface area contributed by atoms with Gasteiger partial charge in [0.05, 0.1) is 6.61 Å². The monoisotopic (exact) mass is 256 g/mol. The molecule has 0 fully saturated rings. The second kappa shape index (κ2) is 10.5. The van der Waals surface area contributed by atoms with Gasteiger partial charge >= 0.3 is 0 Å². The first-order chi connectivity index (χ1) is 8.49. The lowest BCUT2D eigenvalue weighted by molar-refractivity contribution is 0.153. The van der Waals surface area contributed by atoms with E-state index in [2.05, 4.69) is 37.6 Å². The van der Waals surface area contributed by atoms with Gasteiger partial charge in [0.2, 0.25) is 0 Å². The van der Waals surface area contributed by atoms with Crippen LogP contribution in [0.25, 0.3) is 0 Å². The number of unbranched alkanes of at least 4 members (excludes halogenated alkanes) is 2. The zero-order chi connectivity index (χ0) is 13.9. The summed E-state index contributed by atoms with van der Waals surface area (Å²) >= 11 is 0. The van der Waals surface area contributed by atoms with Crippen LogP contribution in [-0.2, 0) is 4.74 Å². The maximum Gasteiger partial charge on any atom is 0.0589 e. The Morgan fingerprint density at radius 1 is 1.17 bits per heavy atom. The fourth-order valence-corrected chi connectivity index (χ4v) is 1.80. The molecular weight excluding hydrogens is 224 g/mol. The van der Waals surface area contributed by atoms with E-state index in [1.165, 1.54) is 19.3 Å². The van der Waals surface area contributed by atoms with Crippen molar-refractivity contribution in [3.63, 3.8) is 0 Å². The number of nitrogens with zero attached hydrogens (tertiary/aromatic N) is 1. The molecule has 108 valence electrons. The van der Waals surface area contributed by atoms with Crippen molar-refractivity contribution in [3.8, 4) is 0 Å². The molecule has 0 aliphatic rings. The van der Waals surface area contributed by atoms with Gasteiger partial charge in [0.15, 0.2) is 0 Å². The lowest BCUT2D eigenvalue weighted by Gasteiger charge is -2.21. The Labute approximate surface area is 114 Å². The first kappa shape index (κ1) is 17.6. The van der Waals surface area contributed by atoms with Gasteiger partial charge in [0.25, 0.3) is 0 Å². The van der Waals surface area contributed by atoms with Gasteiger partial charge in [-0.2, -0.15) is 0 Å². The van der Waals surface area contributed by atoms with Gasteiger partial charge in [-0.05, 0) is 46.7 Å². The van der Waals surface area contributed by atoms with E-state index in [1.54, 1.807) is 7.11 Å². The van der Waals surface area contributed by atoms with Crippen LogP contribution in [0.1, 0.15) is 40.0 Å². The molecule has 0 saturated carbocycles. The molecular formula is C15H32N2O. The van der Waals surface area contributed by atoms with E-state index < -0.39 is 0 Å². The van der Waals surface area contributed by atoms with Crippen molar-refractivity contribution in [2.45, 2.75) is 45.6 Å². The Morgan fingerprint density at radius 3 is 2.44 bits per heavy atom. The molecule has 3 nitrogen and oxygen atoms in total. The average molecular weight is 256 g/mol. The number of rotatable bonds is 11. The van der Waals surface area contributed by atoms with Crippen molar-refractivity contribution >= 4 is 0 Å². The normalized spacial score (nSPS) is 12.1. The van der Waals surface area contributed by atoms with Crippen molar-refractivity contribution < 1.29 is 4.74 Å². The molecule has 0 saturated heterocycles. The van der Waals surface area contributed by atoms with Crippen molar-refractivity contribution in [2.75, 3.05) is 39.9 Å². The Morgan fingerprint density at radius 2 is 1.89 bits per heavy atom. The Kier molecular flexibility index (Phi) is 10.3. The molecule has 3 heteroatoms. The molecule has 0 spiro atoms. The highest BCUT2D eigenvalue weighted by atomic mass is 16.5. The summed E-state index contributed by atoms with van der Waals surface area (Å²) in [5.74, 6) is 0. The number of ether oxygens (including phenoxy) is 1. The molecule has 1 N–H and O–H groups in total. The summed E-state index contributed by atoms with van der Waals surface area (Å²) in [4.78, 5) is 2.40. The predicted molar refractivity (Wildman–Crippen MR) is 80.1 cm³/mol. The quantitative estimate of drug-likeness (QED) is 0.454. The maximum absolute atomic E-state index is 5.12. The van der Waals surface area contributed by atoms with Gasteiger partial charge in [0.1, 0.15) is 0 Å². The lowest BCUT2D eigenvalue weighted by atomic mass is 10.1. The Hall–Kier alpha value is -0.380. The van der Waals surface area contributed by atoms with Crippen molar-refractivity contribution in [1.82, 2.24) is 10.2 Å². The summed E-state index contributed by atoms with van der Waals surface area (Å²) in [5, 5.41) is 3.52. The van der Waals surface area contributed by atoms with Crippen LogP contribution in [0.2, 0.25) is 0 Å². The largest absolute Gasteiger partial charge is 0.383 e. The lowest BCUT2D eigenvalue weighted by Crippen LogP contribution is -2.36. The predicted octanol–water partition coefficient (Wildman–Crippen LogP) is 2.68. The van der Waals surface area contributed by atoms with E-state index >= 15 is 0 Å². The first-order valence-electron chi connectivity index (χ1n) is 7.07. The summed E-state index contributed by atoms with van der Waals surface area (Å²) in [6, 6.07) is 0. The van der Waals surface area contributed by atoms with E-state index in [-0.39, 0.29) is 5.54 Å². The standard InChI is InChI=1S/C15H32N2O/c1-6-11-17(13-14-18-5)12-9-7-8-10-16-15(2,3)4/h6,16H,1,7-14H2,2-5H3. The van der Waals surface area contributed by atoms with Crippen LogP contribution >= 0.6 is 0 Å². The van der Waals surface area contributed by atoms with E-state index in [4.69, 9.17) is 4.74 Å². The van der Waals surface area contributed by atoms with Gasteiger partial charge in [0, 0.05) is 25.7 Å². The van der Waals surface area contributed by atoms with Crippen molar-refractivity contribution in [3.05, 3.63) is 12.7 Å². The average Bonchev–Trinajstić information content (AvgIpc) is 2.29. The Bertz CT molecular complexity index is 199. The van der Waals surface area contributed by atoms with E-state index in [1.807, 2.05) is 6.08 Å². The van der Waals surface area contributed by atoms with Gasteiger partial charge < -0.3 is 10.1 Å². The minimum Gasteiger partial charge on any atom is -0.383 e. The SMILES string of the molecule is C=CCN(CCCCCNC(C)(C)C)CCOC. The number of hydrogen-bond acceptors (Lipinski definition) is 3. The first-order valence-corrected chi connectivity index (χ1v) is 7.07. The van der Waals surface area contributed by atoms with Gasteiger partial charge in [-0.25, -0.2) is 0 Å². The highest BCUT2D eigenvalue weighted by Gasteiger charge is 2.07. The van der Waals surface area contributed by atoms with Crippen LogP contribution in [0.5, 0.6) is 0 Å². The van der Waals surface area contributed by atoms with Crippen LogP contribution in [0.4, 0.5) is 0 Å². The molecule has 18 heavy (non-hydrogen) atoms. The van der Waals surface area contributed by atoms with Gasteiger partial charge in [-0.15, -0.1) is 6.58 Å². The van der Waals surface area contributed by atoms with Crippen LogP contribution in [-0.4, -0.2) is 50.3 Å². The molecule has 0 heterocycles. The molecule has 0 aromatic rings. The fraction of sp³-hybridized carbons (Fsp3) is 0.867. The molecule has 0 aliphatic carbocycles. The number of hydrogen-bond donors (Lipinski definition) is 1. The second-order valence-corrected chi connectivity index (χ2v) is 5.82. The molecule has 0 aromatic heterocycles. The molecule has 0 radical (unpaired) electrons. The molecule has 0 rings (SSSR count). The number of methoxy groups -OCH3 is 1. The molecule has 0 aromatic carbocycles. The van der Waals surface area contributed by atoms with Crippen LogP contribution < -0.4 is 5.32 Å². The summed E-state index contributed by atoms with van der Waals surface area (Å²) < 4.78 is 5.12. The minimum absolute atomic E-state index is 0.243. The van der Waals surface area contributed by atoms with Crippen LogP contribution in [0.3, 0.4) is 0 Å². The van der Waals surface area contributed by atoms with Gasteiger partial charge in [-0.3, -0.25) is 4.90 Å². The third-order valence-corrected chi connectivity index (χ3v) is 2.81. The fourth-order valence-electron chi connectivity index (χ4n) is 1.80. The van der Waals surface area contributed by atoms with Crippen molar-refractivity contribution in [2.24, 2.45) is 0 Å². The summed E-state index contributed by atoms with van der Waals surface area (Å²) in [6.07, 6.45) is 5.76.